The zero-order valence-electron chi connectivity index (χ0n) is 10.1. The fourth-order valence-corrected chi connectivity index (χ4v) is 2.90. The second kappa shape index (κ2) is 5.75. The second-order valence-corrected chi connectivity index (χ2v) is 5.34. The van der Waals surface area contributed by atoms with Crippen molar-refractivity contribution in [1.29, 1.82) is 0 Å². The molecule has 1 aliphatic heterocycles. The van der Waals surface area contributed by atoms with Crippen molar-refractivity contribution < 1.29 is 4.74 Å². The zero-order chi connectivity index (χ0) is 11.4. The monoisotopic (exact) mass is 240 g/mol. The normalized spacial score (nSPS) is 22.5. The first kappa shape index (κ1) is 12.0. The SMILES string of the molecule is CCCc1nc(CN2CCO[C@@H](C)C2)cs1. The molecular formula is C12H20N2OS. The number of hydrogen-bond donors (Lipinski definition) is 0. The van der Waals surface area contributed by atoms with Crippen LogP contribution >= 0.6 is 11.3 Å². The molecule has 1 aliphatic rings. The van der Waals surface area contributed by atoms with Crippen LogP contribution in [0.3, 0.4) is 0 Å². The van der Waals surface area contributed by atoms with Gasteiger partial charge in [0.2, 0.25) is 0 Å². The molecule has 0 unspecified atom stereocenters. The summed E-state index contributed by atoms with van der Waals surface area (Å²) in [5.74, 6) is 0. The number of aryl methyl sites for hydroxylation is 1. The summed E-state index contributed by atoms with van der Waals surface area (Å²) in [5.41, 5.74) is 1.22. The van der Waals surface area contributed by atoms with Gasteiger partial charge in [0.25, 0.3) is 0 Å². The molecule has 4 heteroatoms. The van der Waals surface area contributed by atoms with Gasteiger partial charge in [-0.2, -0.15) is 0 Å². The van der Waals surface area contributed by atoms with E-state index >= 15 is 0 Å². The van der Waals surface area contributed by atoms with Crippen LogP contribution in [0.4, 0.5) is 0 Å². The van der Waals surface area contributed by atoms with Crippen molar-refractivity contribution in [1.82, 2.24) is 9.88 Å². The van der Waals surface area contributed by atoms with E-state index in [4.69, 9.17) is 4.74 Å². The Hall–Kier alpha value is -0.450. The van der Waals surface area contributed by atoms with Gasteiger partial charge < -0.3 is 4.74 Å². The van der Waals surface area contributed by atoms with Crippen LogP contribution < -0.4 is 0 Å². The molecule has 1 atom stereocenters. The Labute approximate surface area is 101 Å². The van der Waals surface area contributed by atoms with Crippen molar-refractivity contribution in [3.05, 3.63) is 16.1 Å². The van der Waals surface area contributed by atoms with E-state index in [-0.39, 0.29) is 0 Å². The van der Waals surface area contributed by atoms with Crippen molar-refractivity contribution in [3.8, 4) is 0 Å². The van der Waals surface area contributed by atoms with E-state index in [2.05, 4.69) is 29.1 Å². The summed E-state index contributed by atoms with van der Waals surface area (Å²) in [6.45, 7) is 8.23. The van der Waals surface area contributed by atoms with E-state index < -0.39 is 0 Å². The van der Waals surface area contributed by atoms with Crippen LogP contribution in [0.1, 0.15) is 31.0 Å². The minimum atomic E-state index is 0.363. The van der Waals surface area contributed by atoms with Crippen LogP contribution in [0.5, 0.6) is 0 Å². The molecule has 0 bridgehead atoms. The summed E-state index contributed by atoms with van der Waals surface area (Å²) in [5, 5.41) is 3.48. The number of nitrogens with zero attached hydrogens (tertiary/aromatic N) is 2. The highest BCUT2D eigenvalue weighted by molar-refractivity contribution is 7.09. The minimum absolute atomic E-state index is 0.363. The molecule has 0 amide bonds. The maximum absolute atomic E-state index is 5.53. The van der Waals surface area contributed by atoms with Gasteiger partial charge in [-0.1, -0.05) is 6.92 Å². The largest absolute Gasteiger partial charge is 0.376 e. The molecule has 1 aromatic heterocycles. The summed E-state index contributed by atoms with van der Waals surface area (Å²) in [4.78, 5) is 7.08. The van der Waals surface area contributed by atoms with Crippen LogP contribution in [0, 0.1) is 0 Å². The molecule has 90 valence electrons. The van der Waals surface area contributed by atoms with Crippen molar-refractivity contribution in [2.75, 3.05) is 19.7 Å². The Bertz CT molecular complexity index is 327. The van der Waals surface area contributed by atoms with E-state index in [1.807, 2.05) is 0 Å². The fraction of sp³-hybridized carbons (Fsp3) is 0.750. The molecule has 0 aromatic carbocycles. The number of thiazole rings is 1. The lowest BCUT2D eigenvalue weighted by molar-refractivity contribution is -0.0215. The van der Waals surface area contributed by atoms with E-state index in [0.29, 0.717) is 6.10 Å². The Balaban J connectivity index is 1.87. The van der Waals surface area contributed by atoms with Gasteiger partial charge in [-0.3, -0.25) is 4.90 Å². The van der Waals surface area contributed by atoms with Gasteiger partial charge in [0.1, 0.15) is 0 Å². The van der Waals surface area contributed by atoms with Crippen molar-refractivity contribution in [3.63, 3.8) is 0 Å². The number of morpholine rings is 1. The third-order valence-electron chi connectivity index (χ3n) is 2.77. The average molecular weight is 240 g/mol. The molecular weight excluding hydrogens is 220 g/mol. The predicted octanol–water partition coefficient (Wildman–Crippen LogP) is 2.32. The van der Waals surface area contributed by atoms with Crippen molar-refractivity contribution >= 4 is 11.3 Å². The quantitative estimate of drug-likeness (QED) is 0.807. The summed E-state index contributed by atoms with van der Waals surface area (Å²) < 4.78 is 5.53. The standard InChI is InChI=1S/C12H20N2OS/c1-3-4-12-13-11(9-16-12)8-14-5-6-15-10(2)7-14/h9-10H,3-8H2,1-2H3/t10-/m0/s1. The zero-order valence-corrected chi connectivity index (χ0v) is 10.9. The summed E-state index contributed by atoms with van der Waals surface area (Å²) in [7, 11) is 0. The molecule has 1 saturated heterocycles. The first-order chi connectivity index (χ1) is 7.78. The van der Waals surface area contributed by atoms with E-state index in [1.54, 1.807) is 11.3 Å². The van der Waals surface area contributed by atoms with Crippen LogP contribution in [0.2, 0.25) is 0 Å². The molecule has 2 rings (SSSR count). The lowest BCUT2D eigenvalue weighted by atomic mass is 10.3. The number of aromatic nitrogens is 1. The van der Waals surface area contributed by atoms with Crippen molar-refractivity contribution in [2.45, 2.75) is 39.3 Å². The Kier molecular flexibility index (Phi) is 4.32. The van der Waals surface area contributed by atoms with Gasteiger partial charge in [0.15, 0.2) is 0 Å². The maximum Gasteiger partial charge on any atom is 0.0928 e. The van der Waals surface area contributed by atoms with Crippen LogP contribution in [0.25, 0.3) is 0 Å². The molecule has 1 aromatic rings. The van der Waals surface area contributed by atoms with Crippen LogP contribution in [0.15, 0.2) is 5.38 Å². The van der Waals surface area contributed by atoms with E-state index in [9.17, 15) is 0 Å². The molecule has 0 aliphatic carbocycles. The van der Waals surface area contributed by atoms with E-state index in [1.165, 1.54) is 17.1 Å². The smallest absolute Gasteiger partial charge is 0.0928 e. The first-order valence-corrected chi connectivity index (χ1v) is 6.93. The summed E-state index contributed by atoms with van der Waals surface area (Å²) in [6.07, 6.45) is 2.66. The highest BCUT2D eigenvalue weighted by atomic mass is 32.1. The average Bonchev–Trinajstić information content (AvgIpc) is 2.66. The highest BCUT2D eigenvalue weighted by Gasteiger charge is 2.17. The maximum atomic E-state index is 5.53. The van der Waals surface area contributed by atoms with Gasteiger partial charge in [0, 0.05) is 25.0 Å². The Morgan fingerprint density at radius 3 is 3.25 bits per heavy atom. The third-order valence-corrected chi connectivity index (χ3v) is 3.73. The third kappa shape index (κ3) is 3.27. The van der Waals surface area contributed by atoms with Crippen LogP contribution in [-0.2, 0) is 17.7 Å². The number of hydrogen-bond acceptors (Lipinski definition) is 4. The molecule has 0 spiro atoms. The van der Waals surface area contributed by atoms with Gasteiger partial charge in [-0.25, -0.2) is 4.98 Å². The van der Waals surface area contributed by atoms with E-state index in [0.717, 1.165) is 32.7 Å². The van der Waals surface area contributed by atoms with Gasteiger partial charge in [-0.15, -0.1) is 11.3 Å². The molecule has 0 radical (unpaired) electrons. The van der Waals surface area contributed by atoms with Crippen LogP contribution in [-0.4, -0.2) is 35.7 Å². The molecule has 3 nitrogen and oxygen atoms in total. The second-order valence-electron chi connectivity index (χ2n) is 4.40. The minimum Gasteiger partial charge on any atom is -0.376 e. The molecule has 2 heterocycles. The Morgan fingerprint density at radius 2 is 2.50 bits per heavy atom. The Morgan fingerprint density at radius 1 is 1.62 bits per heavy atom. The molecule has 1 fully saturated rings. The highest BCUT2D eigenvalue weighted by Crippen LogP contribution is 2.15. The first-order valence-electron chi connectivity index (χ1n) is 6.05. The lowest BCUT2D eigenvalue weighted by Gasteiger charge is -2.30. The molecule has 16 heavy (non-hydrogen) atoms. The van der Waals surface area contributed by atoms with Gasteiger partial charge in [0.05, 0.1) is 23.4 Å². The topological polar surface area (TPSA) is 25.4 Å². The summed E-state index contributed by atoms with van der Waals surface area (Å²) >= 11 is 1.79. The van der Waals surface area contributed by atoms with Gasteiger partial charge in [-0.05, 0) is 19.8 Å². The predicted molar refractivity (Wildman–Crippen MR) is 66.8 cm³/mol. The molecule has 0 N–H and O–H groups in total. The van der Waals surface area contributed by atoms with Crippen molar-refractivity contribution in [2.24, 2.45) is 0 Å². The number of rotatable bonds is 4. The fourth-order valence-electron chi connectivity index (χ4n) is 2.01. The lowest BCUT2D eigenvalue weighted by Crippen LogP contribution is -2.40. The summed E-state index contributed by atoms with van der Waals surface area (Å²) in [6, 6.07) is 0. The molecule has 0 saturated carbocycles. The number of ether oxygens (including phenoxy) is 1. The van der Waals surface area contributed by atoms with Gasteiger partial charge >= 0.3 is 0 Å².